The van der Waals surface area contributed by atoms with Gasteiger partial charge in [-0.2, -0.15) is 0 Å². The zero-order chi connectivity index (χ0) is 12.1. The third-order valence-electron chi connectivity index (χ3n) is 2.97. The van der Waals surface area contributed by atoms with Gasteiger partial charge in [0.05, 0.1) is 0 Å². The molecule has 0 saturated carbocycles. The summed E-state index contributed by atoms with van der Waals surface area (Å²) in [7, 11) is 1.73. The van der Waals surface area contributed by atoms with E-state index in [1.807, 2.05) is 12.1 Å². The lowest BCUT2D eigenvalue weighted by molar-refractivity contribution is 0.589. The third kappa shape index (κ3) is 2.71. The molecule has 0 aliphatic carbocycles. The Hall–Kier alpha value is -1.68. The number of nitrogens with zero attached hydrogens (tertiary/aromatic N) is 3. The molecule has 0 aromatic heterocycles. The van der Waals surface area contributed by atoms with Gasteiger partial charge in [-0.25, -0.2) is 4.99 Å². The highest BCUT2D eigenvalue weighted by Crippen LogP contribution is 2.16. The lowest BCUT2D eigenvalue weighted by atomic mass is 10.1. The number of amidine groups is 1. The summed E-state index contributed by atoms with van der Waals surface area (Å²) in [6, 6.07) is 8.34. The average molecular weight is 230 g/mol. The highest BCUT2D eigenvalue weighted by atomic mass is 15.2. The largest absolute Gasteiger partial charge is 0.369 e. The number of piperazine rings is 1. The van der Waals surface area contributed by atoms with Crippen LogP contribution in [0.4, 0.5) is 5.69 Å². The molecule has 0 radical (unpaired) electrons. The number of rotatable bonds is 2. The van der Waals surface area contributed by atoms with Gasteiger partial charge < -0.3 is 10.2 Å². The van der Waals surface area contributed by atoms with Crippen molar-refractivity contribution in [2.75, 3.05) is 38.1 Å². The van der Waals surface area contributed by atoms with Crippen LogP contribution < -0.4 is 10.2 Å². The summed E-state index contributed by atoms with van der Waals surface area (Å²) in [6.45, 7) is 7.75. The fourth-order valence-corrected chi connectivity index (χ4v) is 2.04. The van der Waals surface area contributed by atoms with Crippen LogP contribution in [0.3, 0.4) is 0 Å². The molecule has 1 aromatic rings. The molecule has 0 atom stereocenters. The summed E-state index contributed by atoms with van der Waals surface area (Å²) in [6.07, 6.45) is 0. The van der Waals surface area contributed by atoms with E-state index in [0.29, 0.717) is 5.84 Å². The highest BCUT2D eigenvalue weighted by Gasteiger charge is 2.10. The zero-order valence-electron chi connectivity index (χ0n) is 10.2. The first-order chi connectivity index (χ1) is 8.35. The van der Waals surface area contributed by atoms with Crippen molar-refractivity contribution in [2.24, 2.45) is 9.98 Å². The average Bonchev–Trinajstić information content (AvgIpc) is 2.42. The van der Waals surface area contributed by atoms with E-state index in [0.717, 1.165) is 31.7 Å². The standard InChI is InChI=1S/C13H18N4/c1-14-13(15-2)11-3-5-12(6-4-11)17-9-7-16-8-10-17/h3-6,16H,1,7-10H2,2H3. The fourth-order valence-electron chi connectivity index (χ4n) is 2.04. The van der Waals surface area contributed by atoms with Gasteiger partial charge in [-0.05, 0) is 31.0 Å². The Morgan fingerprint density at radius 1 is 1.24 bits per heavy atom. The zero-order valence-corrected chi connectivity index (χ0v) is 10.2. The molecule has 17 heavy (non-hydrogen) atoms. The molecule has 0 amide bonds. The molecule has 90 valence electrons. The maximum Gasteiger partial charge on any atom is 0.153 e. The van der Waals surface area contributed by atoms with Gasteiger partial charge >= 0.3 is 0 Å². The minimum Gasteiger partial charge on any atom is -0.369 e. The normalized spacial score (nSPS) is 17.0. The quantitative estimate of drug-likeness (QED) is 0.612. The van der Waals surface area contributed by atoms with Gasteiger partial charge in [0.1, 0.15) is 0 Å². The molecule has 1 aliphatic rings. The van der Waals surface area contributed by atoms with E-state index < -0.39 is 0 Å². The molecule has 0 spiro atoms. The Labute approximate surface area is 102 Å². The minimum atomic E-state index is 0.692. The van der Waals surface area contributed by atoms with Crippen molar-refractivity contribution in [3.05, 3.63) is 29.8 Å². The van der Waals surface area contributed by atoms with Crippen LogP contribution in [-0.4, -0.2) is 45.8 Å². The molecule has 2 rings (SSSR count). The highest BCUT2D eigenvalue weighted by molar-refractivity contribution is 6.01. The molecule has 1 heterocycles. The summed E-state index contributed by atoms with van der Waals surface area (Å²) in [5, 5.41) is 3.35. The smallest absolute Gasteiger partial charge is 0.153 e. The lowest BCUT2D eigenvalue weighted by Gasteiger charge is -2.29. The topological polar surface area (TPSA) is 40.0 Å². The summed E-state index contributed by atoms with van der Waals surface area (Å²) < 4.78 is 0. The number of aliphatic imine (C=N–C) groups is 2. The van der Waals surface area contributed by atoms with Crippen LogP contribution in [0.15, 0.2) is 34.3 Å². The number of nitrogens with one attached hydrogen (secondary N) is 1. The number of anilines is 1. The van der Waals surface area contributed by atoms with Gasteiger partial charge in [0.15, 0.2) is 5.84 Å². The first-order valence-corrected chi connectivity index (χ1v) is 5.85. The van der Waals surface area contributed by atoms with Gasteiger partial charge in [-0.1, -0.05) is 0 Å². The second-order valence-corrected chi connectivity index (χ2v) is 3.99. The fraction of sp³-hybridized carbons (Fsp3) is 0.385. The Morgan fingerprint density at radius 3 is 2.41 bits per heavy atom. The number of hydrogen-bond acceptors (Lipinski definition) is 3. The van der Waals surface area contributed by atoms with Gasteiger partial charge in [-0.3, -0.25) is 4.99 Å². The molecule has 1 fully saturated rings. The summed E-state index contributed by atoms with van der Waals surface area (Å²) in [5.74, 6) is 0.692. The van der Waals surface area contributed by atoms with Gasteiger partial charge in [0.25, 0.3) is 0 Å². The summed E-state index contributed by atoms with van der Waals surface area (Å²) >= 11 is 0. The molecule has 1 aromatic carbocycles. The van der Waals surface area contributed by atoms with Crippen molar-refractivity contribution in [1.29, 1.82) is 0 Å². The van der Waals surface area contributed by atoms with Gasteiger partial charge in [0.2, 0.25) is 0 Å². The summed E-state index contributed by atoms with van der Waals surface area (Å²) in [4.78, 5) is 10.4. The van der Waals surface area contributed by atoms with E-state index in [2.05, 4.69) is 39.1 Å². The van der Waals surface area contributed by atoms with Crippen molar-refractivity contribution in [3.63, 3.8) is 0 Å². The van der Waals surface area contributed by atoms with Crippen LogP contribution in [0, 0.1) is 0 Å². The molecule has 1 N–H and O–H groups in total. The van der Waals surface area contributed by atoms with E-state index >= 15 is 0 Å². The molecule has 0 unspecified atom stereocenters. The molecular weight excluding hydrogens is 212 g/mol. The molecule has 4 nitrogen and oxygen atoms in total. The van der Waals surface area contributed by atoms with Gasteiger partial charge in [-0.15, -0.1) is 0 Å². The van der Waals surface area contributed by atoms with E-state index in [4.69, 9.17) is 0 Å². The van der Waals surface area contributed by atoms with Crippen molar-refractivity contribution >= 4 is 18.2 Å². The SMILES string of the molecule is C=NC(=NC)c1ccc(N2CCNCC2)cc1. The molecule has 1 saturated heterocycles. The van der Waals surface area contributed by atoms with E-state index in [1.165, 1.54) is 5.69 Å². The third-order valence-corrected chi connectivity index (χ3v) is 2.97. The summed E-state index contributed by atoms with van der Waals surface area (Å²) in [5.41, 5.74) is 2.27. The van der Waals surface area contributed by atoms with Gasteiger partial charge in [0, 0.05) is 44.5 Å². The Kier molecular flexibility index (Phi) is 3.88. The molecular formula is C13H18N4. The molecule has 4 heteroatoms. The maximum absolute atomic E-state index is 4.08. The van der Waals surface area contributed by atoms with Crippen LogP contribution in [0.25, 0.3) is 0 Å². The minimum absolute atomic E-state index is 0.692. The van der Waals surface area contributed by atoms with Crippen molar-refractivity contribution in [1.82, 2.24) is 5.32 Å². The van der Waals surface area contributed by atoms with E-state index in [9.17, 15) is 0 Å². The van der Waals surface area contributed by atoms with E-state index in [-0.39, 0.29) is 0 Å². The lowest BCUT2D eigenvalue weighted by Crippen LogP contribution is -2.43. The van der Waals surface area contributed by atoms with Crippen LogP contribution in [-0.2, 0) is 0 Å². The second kappa shape index (κ2) is 5.59. The van der Waals surface area contributed by atoms with Crippen LogP contribution in [0.1, 0.15) is 5.56 Å². The Bertz CT molecular complexity index is 402. The van der Waals surface area contributed by atoms with Crippen LogP contribution in [0.2, 0.25) is 0 Å². The predicted octanol–water partition coefficient (Wildman–Crippen LogP) is 1.17. The predicted molar refractivity (Wildman–Crippen MR) is 73.5 cm³/mol. The van der Waals surface area contributed by atoms with Crippen molar-refractivity contribution < 1.29 is 0 Å². The maximum atomic E-state index is 4.08. The first-order valence-electron chi connectivity index (χ1n) is 5.85. The Balaban J connectivity index is 2.14. The van der Waals surface area contributed by atoms with Crippen molar-refractivity contribution in [3.8, 4) is 0 Å². The molecule has 0 bridgehead atoms. The van der Waals surface area contributed by atoms with E-state index in [1.54, 1.807) is 7.05 Å². The Morgan fingerprint density at radius 2 is 1.88 bits per heavy atom. The second-order valence-electron chi connectivity index (χ2n) is 3.99. The number of hydrogen-bond donors (Lipinski definition) is 1. The number of benzene rings is 1. The first kappa shape index (κ1) is 11.8. The van der Waals surface area contributed by atoms with Crippen LogP contribution in [0.5, 0.6) is 0 Å². The monoisotopic (exact) mass is 230 g/mol. The molecule has 1 aliphatic heterocycles. The van der Waals surface area contributed by atoms with Crippen molar-refractivity contribution in [2.45, 2.75) is 0 Å². The van der Waals surface area contributed by atoms with Crippen LogP contribution >= 0.6 is 0 Å².